The number of carbonyl (C=O) groups excluding carboxylic acids is 1. The molecule has 0 aliphatic heterocycles. The zero-order chi connectivity index (χ0) is 10.3. The Morgan fingerprint density at radius 1 is 1.43 bits per heavy atom. The summed E-state index contributed by atoms with van der Waals surface area (Å²) < 4.78 is 0. The quantitative estimate of drug-likeness (QED) is 0.616. The van der Waals surface area contributed by atoms with Crippen LogP contribution in [0.15, 0.2) is 36.9 Å². The molecule has 0 radical (unpaired) electrons. The zero-order valence-electron chi connectivity index (χ0n) is 8.58. The molecule has 0 unspecified atom stereocenters. The number of benzene rings is 1. The molecule has 2 rings (SSSR count). The lowest BCUT2D eigenvalue weighted by Crippen LogP contribution is -2.23. The molecular weight excluding hydrogens is 172 g/mol. The molecule has 0 aromatic heterocycles. The molecule has 2 atom stereocenters. The molecule has 0 amide bonds. The van der Waals surface area contributed by atoms with Crippen LogP contribution < -0.4 is 0 Å². The Bertz CT molecular complexity index is 405. The molecule has 0 saturated heterocycles. The van der Waals surface area contributed by atoms with E-state index in [4.69, 9.17) is 0 Å². The van der Waals surface area contributed by atoms with Crippen LogP contribution in [-0.4, -0.2) is 5.78 Å². The fourth-order valence-electron chi connectivity index (χ4n) is 2.16. The molecular formula is C13H14O. The summed E-state index contributed by atoms with van der Waals surface area (Å²) in [7, 11) is 0. The summed E-state index contributed by atoms with van der Waals surface area (Å²) in [4.78, 5) is 12.1. The van der Waals surface area contributed by atoms with Crippen molar-refractivity contribution < 1.29 is 4.79 Å². The van der Waals surface area contributed by atoms with Crippen molar-refractivity contribution in [3.05, 3.63) is 48.0 Å². The fraction of sp³-hybridized carbons (Fsp3) is 0.308. The smallest absolute Gasteiger partial charge is 0.173 e. The molecule has 1 nitrogen and oxygen atoms in total. The third-order valence-electron chi connectivity index (χ3n) is 3.48. The molecule has 0 fully saturated rings. The topological polar surface area (TPSA) is 17.1 Å². The summed E-state index contributed by atoms with van der Waals surface area (Å²) in [6.07, 6.45) is 1.78. The summed E-state index contributed by atoms with van der Waals surface area (Å²) >= 11 is 0. The minimum absolute atomic E-state index is 0.204. The molecule has 0 heterocycles. The third kappa shape index (κ3) is 0.926. The van der Waals surface area contributed by atoms with Crippen molar-refractivity contribution in [2.24, 2.45) is 5.41 Å². The van der Waals surface area contributed by atoms with E-state index < -0.39 is 5.41 Å². The van der Waals surface area contributed by atoms with Gasteiger partial charge in [-0.25, -0.2) is 0 Å². The molecule has 1 aliphatic carbocycles. The molecule has 1 aliphatic rings. The molecule has 0 spiro atoms. The standard InChI is InChI=1S/C13H14O/c1-4-13(3)9(2)10-7-5-6-8-11(10)12(13)14/h4-9H,1H2,2-3H3/t9-,13+/m0/s1. The molecule has 14 heavy (non-hydrogen) atoms. The summed E-state index contributed by atoms with van der Waals surface area (Å²) in [5.41, 5.74) is 1.60. The number of hydrogen-bond acceptors (Lipinski definition) is 1. The van der Waals surface area contributed by atoms with Crippen LogP contribution in [0.2, 0.25) is 0 Å². The average molecular weight is 186 g/mol. The third-order valence-corrected chi connectivity index (χ3v) is 3.48. The molecule has 0 saturated carbocycles. The van der Waals surface area contributed by atoms with Crippen LogP contribution in [0, 0.1) is 5.41 Å². The van der Waals surface area contributed by atoms with Gasteiger partial charge in [-0.15, -0.1) is 6.58 Å². The largest absolute Gasteiger partial charge is 0.293 e. The Hall–Kier alpha value is -1.37. The second-order valence-electron chi connectivity index (χ2n) is 4.12. The minimum atomic E-state index is -0.413. The summed E-state index contributed by atoms with van der Waals surface area (Å²) in [5, 5.41) is 0. The number of ketones is 1. The van der Waals surface area contributed by atoms with Crippen molar-refractivity contribution in [1.82, 2.24) is 0 Å². The van der Waals surface area contributed by atoms with E-state index in [1.165, 1.54) is 0 Å². The Kier molecular flexibility index (Phi) is 1.84. The van der Waals surface area contributed by atoms with E-state index in [-0.39, 0.29) is 11.7 Å². The molecule has 0 N–H and O–H groups in total. The first-order valence-corrected chi connectivity index (χ1v) is 4.88. The monoisotopic (exact) mass is 186 g/mol. The van der Waals surface area contributed by atoms with Gasteiger partial charge in [-0.3, -0.25) is 4.79 Å². The van der Waals surface area contributed by atoms with Crippen LogP contribution >= 0.6 is 0 Å². The van der Waals surface area contributed by atoms with E-state index in [2.05, 4.69) is 13.5 Å². The summed E-state index contributed by atoms with van der Waals surface area (Å²) in [6, 6.07) is 7.84. The second kappa shape index (κ2) is 2.81. The maximum absolute atomic E-state index is 12.1. The van der Waals surface area contributed by atoms with Crippen molar-refractivity contribution in [1.29, 1.82) is 0 Å². The first-order chi connectivity index (χ1) is 6.61. The van der Waals surface area contributed by atoms with E-state index in [9.17, 15) is 4.79 Å². The molecule has 1 aromatic rings. The SMILES string of the molecule is C=C[C@@]1(C)C(=O)c2ccccc2[C@@H]1C. The minimum Gasteiger partial charge on any atom is -0.293 e. The number of Topliss-reactive ketones (excluding diaryl/α,β-unsaturated/α-hetero) is 1. The number of fused-ring (bicyclic) bond motifs is 1. The van der Waals surface area contributed by atoms with Gasteiger partial charge in [-0.05, 0) is 18.4 Å². The van der Waals surface area contributed by atoms with Gasteiger partial charge in [-0.1, -0.05) is 37.3 Å². The van der Waals surface area contributed by atoms with E-state index >= 15 is 0 Å². The summed E-state index contributed by atoms with van der Waals surface area (Å²) in [6.45, 7) is 7.83. The average Bonchev–Trinajstić information content (AvgIpc) is 2.43. The van der Waals surface area contributed by atoms with E-state index in [1.54, 1.807) is 6.08 Å². The Morgan fingerprint density at radius 3 is 2.64 bits per heavy atom. The maximum Gasteiger partial charge on any atom is 0.173 e. The van der Waals surface area contributed by atoms with Crippen molar-refractivity contribution in [2.75, 3.05) is 0 Å². The lowest BCUT2D eigenvalue weighted by molar-refractivity contribution is 0.0874. The maximum atomic E-state index is 12.1. The predicted molar refractivity (Wildman–Crippen MR) is 57.5 cm³/mol. The number of hydrogen-bond donors (Lipinski definition) is 0. The lowest BCUT2D eigenvalue weighted by Gasteiger charge is -2.22. The van der Waals surface area contributed by atoms with Gasteiger partial charge in [0.05, 0.1) is 5.41 Å². The zero-order valence-corrected chi connectivity index (χ0v) is 8.58. The van der Waals surface area contributed by atoms with Crippen molar-refractivity contribution in [2.45, 2.75) is 19.8 Å². The van der Waals surface area contributed by atoms with E-state index in [0.29, 0.717) is 0 Å². The van der Waals surface area contributed by atoms with Gasteiger partial charge in [0.2, 0.25) is 0 Å². The van der Waals surface area contributed by atoms with Crippen molar-refractivity contribution in [3.8, 4) is 0 Å². The van der Waals surface area contributed by atoms with Crippen molar-refractivity contribution in [3.63, 3.8) is 0 Å². The highest BCUT2D eigenvalue weighted by Crippen LogP contribution is 2.47. The lowest BCUT2D eigenvalue weighted by atomic mass is 9.78. The predicted octanol–water partition coefficient (Wildman–Crippen LogP) is 3.18. The van der Waals surface area contributed by atoms with Gasteiger partial charge in [0.1, 0.15) is 0 Å². The second-order valence-corrected chi connectivity index (χ2v) is 4.12. The van der Waals surface area contributed by atoms with E-state index in [1.807, 2.05) is 31.2 Å². The summed E-state index contributed by atoms with van der Waals surface area (Å²) in [5.74, 6) is 0.444. The van der Waals surface area contributed by atoms with Gasteiger partial charge in [-0.2, -0.15) is 0 Å². The van der Waals surface area contributed by atoms with Crippen LogP contribution in [-0.2, 0) is 0 Å². The first kappa shape index (κ1) is 9.20. The van der Waals surface area contributed by atoms with Crippen LogP contribution in [0.4, 0.5) is 0 Å². The molecule has 1 heteroatoms. The van der Waals surface area contributed by atoms with Gasteiger partial charge >= 0.3 is 0 Å². The number of allylic oxidation sites excluding steroid dienone is 1. The van der Waals surface area contributed by atoms with Crippen LogP contribution in [0.1, 0.15) is 35.7 Å². The van der Waals surface area contributed by atoms with Crippen LogP contribution in [0.3, 0.4) is 0 Å². The molecule has 0 bridgehead atoms. The number of carbonyl (C=O) groups is 1. The fourth-order valence-corrected chi connectivity index (χ4v) is 2.16. The van der Waals surface area contributed by atoms with Gasteiger partial charge in [0.15, 0.2) is 5.78 Å². The first-order valence-electron chi connectivity index (χ1n) is 4.88. The van der Waals surface area contributed by atoms with Gasteiger partial charge in [0, 0.05) is 5.56 Å². The van der Waals surface area contributed by atoms with Crippen molar-refractivity contribution >= 4 is 5.78 Å². The number of rotatable bonds is 1. The Balaban J connectivity index is 2.65. The highest BCUT2D eigenvalue weighted by atomic mass is 16.1. The Labute approximate surface area is 84.5 Å². The van der Waals surface area contributed by atoms with Gasteiger partial charge in [0.25, 0.3) is 0 Å². The molecule has 1 aromatic carbocycles. The Morgan fingerprint density at radius 2 is 2.07 bits per heavy atom. The molecule has 72 valence electrons. The van der Waals surface area contributed by atoms with Gasteiger partial charge < -0.3 is 0 Å². The van der Waals surface area contributed by atoms with Crippen LogP contribution in [0.25, 0.3) is 0 Å². The van der Waals surface area contributed by atoms with E-state index in [0.717, 1.165) is 11.1 Å². The highest BCUT2D eigenvalue weighted by Gasteiger charge is 2.44. The highest BCUT2D eigenvalue weighted by molar-refractivity contribution is 6.06. The normalized spacial score (nSPS) is 30.1. The van der Waals surface area contributed by atoms with Crippen LogP contribution in [0.5, 0.6) is 0 Å².